The fourth-order valence-corrected chi connectivity index (χ4v) is 1.84. The maximum atomic E-state index is 10.4. The molecule has 0 bridgehead atoms. The second-order valence-electron chi connectivity index (χ2n) is 3.86. The van der Waals surface area contributed by atoms with Gasteiger partial charge in [-0.15, -0.1) is 0 Å². The van der Waals surface area contributed by atoms with Gasteiger partial charge in [0, 0.05) is 16.5 Å². The van der Waals surface area contributed by atoms with Crippen LogP contribution in [0.2, 0.25) is 0 Å². The highest BCUT2D eigenvalue weighted by Gasteiger charge is 2.02. The number of hydrogen-bond donors (Lipinski definition) is 1. The zero-order valence-corrected chi connectivity index (χ0v) is 11.5. The summed E-state index contributed by atoms with van der Waals surface area (Å²) in [6.07, 6.45) is 0.952. The van der Waals surface area contributed by atoms with E-state index in [2.05, 4.69) is 51.8 Å². The molecule has 0 heterocycles. The lowest BCUT2D eigenvalue weighted by atomic mass is 10.2. The molecule has 0 saturated heterocycles. The van der Waals surface area contributed by atoms with E-state index in [-0.39, 0.29) is 6.42 Å². The van der Waals surface area contributed by atoms with Crippen LogP contribution in [0.4, 0.5) is 0 Å². The molecule has 1 aromatic carbocycles. The van der Waals surface area contributed by atoms with E-state index in [1.165, 1.54) is 9.13 Å². The summed E-state index contributed by atoms with van der Waals surface area (Å²) in [6.45, 7) is 1.69. The quantitative estimate of drug-likeness (QED) is 0.814. The van der Waals surface area contributed by atoms with Crippen molar-refractivity contribution in [3.8, 4) is 0 Å². The molecule has 0 saturated carbocycles. The van der Waals surface area contributed by atoms with Crippen LogP contribution in [-0.4, -0.2) is 29.6 Å². The summed E-state index contributed by atoms with van der Waals surface area (Å²) in [4.78, 5) is 12.5. The first-order chi connectivity index (χ1) is 7.58. The van der Waals surface area contributed by atoms with Gasteiger partial charge in [-0.2, -0.15) is 0 Å². The van der Waals surface area contributed by atoms with Gasteiger partial charge < -0.3 is 10.0 Å². The number of nitrogens with zero attached hydrogens (tertiary/aromatic N) is 1. The molecule has 4 heteroatoms. The van der Waals surface area contributed by atoms with Gasteiger partial charge in [-0.25, -0.2) is 0 Å². The first-order valence-corrected chi connectivity index (χ1v) is 6.30. The average molecular weight is 333 g/mol. The van der Waals surface area contributed by atoms with Crippen LogP contribution in [0.3, 0.4) is 0 Å². The number of halogens is 1. The number of benzene rings is 1. The molecule has 88 valence electrons. The Balaban J connectivity index is 2.31. The van der Waals surface area contributed by atoms with Crippen molar-refractivity contribution < 1.29 is 9.90 Å². The molecule has 0 radical (unpaired) electrons. The Morgan fingerprint density at radius 3 is 2.56 bits per heavy atom. The zero-order chi connectivity index (χ0) is 12.0. The van der Waals surface area contributed by atoms with Gasteiger partial charge in [-0.05, 0) is 60.3 Å². The first-order valence-electron chi connectivity index (χ1n) is 5.22. The molecule has 1 aromatic rings. The largest absolute Gasteiger partial charge is 0.481 e. The highest BCUT2D eigenvalue weighted by Crippen LogP contribution is 2.08. The monoisotopic (exact) mass is 333 g/mol. The van der Waals surface area contributed by atoms with Crippen LogP contribution in [0, 0.1) is 3.57 Å². The predicted molar refractivity (Wildman–Crippen MR) is 72.4 cm³/mol. The maximum absolute atomic E-state index is 10.4. The van der Waals surface area contributed by atoms with Gasteiger partial charge in [0.05, 0.1) is 0 Å². The summed E-state index contributed by atoms with van der Waals surface area (Å²) in [5.74, 6) is -0.720. The van der Waals surface area contributed by atoms with Crippen LogP contribution in [0.25, 0.3) is 0 Å². The third-order valence-electron chi connectivity index (χ3n) is 2.30. The van der Waals surface area contributed by atoms with Gasteiger partial charge in [0.15, 0.2) is 0 Å². The summed E-state index contributed by atoms with van der Waals surface area (Å²) in [5, 5.41) is 8.53. The maximum Gasteiger partial charge on any atom is 0.303 e. The number of carboxylic acid groups (broad SMARTS) is 1. The molecule has 1 rings (SSSR count). The lowest BCUT2D eigenvalue weighted by molar-refractivity contribution is -0.137. The summed E-state index contributed by atoms with van der Waals surface area (Å²) >= 11 is 2.28. The van der Waals surface area contributed by atoms with Crippen LogP contribution >= 0.6 is 22.6 Å². The van der Waals surface area contributed by atoms with Gasteiger partial charge >= 0.3 is 5.97 Å². The Labute approximate surface area is 110 Å². The van der Waals surface area contributed by atoms with Crippen LogP contribution in [0.1, 0.15) is 18.4 Å². The van der Waals surface area contributed by atoms with E-state index in [0.717, 1.165) is 13.1 Å². The molecule has 0 amide bonds. The van der Waals surface area contributed by atoms with Crippen molar-refractivity contribution in [2.75, 3.05) is 13.6 Å². The van der Waals surface area contributed by atoms with Crippen molar-refractivity contribution >= 4 is 28.6 Å². The van der Waals surface area contributed by atoms with Crippen molar-refractivity contribution in [1.29, 1.82) is 0 Å². The second kappa shape index (κ2) is 6.85. The molecule has 0 aliphatic rings. The number of carboxylic acids is 1. The number of rotatable bonds is 6. The van der Waals surface area contributed by atoms with Crippen LogP contribution < -0.4 is 0 Å². The average Bonchev–Trinajstić information content (AvgIpc) is 2.21. The smallest absolute Gasteiger partial charge is 0.303 e. The highest BCUT2D eigenvalue weighted by atomic mass is 127. The SMILES string of the molecule is CN(CCCC(=O)O)Cc1ccc(I)cc1. The molecular weight excluding hydrogens is 317 g/mol. The van der Waals surface area contributed by atoms with Gasteiger partial charge in [-0.3, -0.25) is 4.79 Å². The van der Waals surface area contributed by atoms with Crippen molar-refractivity contribution in [3.63, 3.8) is 0 Å². The molecular formula is C12H16INO2. The summed E-state index contributed by atoms with van der Waals surface area (Å²) in [6, 6.07) is 8.38. The molecule has 0 aliphatic heterocycles. The molecule has 16 heavy (non-hydrogen) atoms. The second-order valence-corrected chi connectivity index (χ2v) is 5.11. The predicted octanol–water partition coefficient (Wildman–Crippen LogP) is 2.59. The lowest BCUT2D eigenvalue weighted by Crippen LogP contribution is -2.19. The number of aliphatic carboxylic acids is 1. The van der Waals surface area contributed by atoms with Crippen LogP contribution in [-0.2, 0) is 11.3 Å². The Kier molecular flexibility index (Phi) is 5.76. The standard InChI is InChI=1S/C12H16INO2/c1-14(8-2-3-12(15)16)9-10-4-6-11(13)7-5-10/h4-7H,2-3,8-9H2,1H3,(H,15,16). The number of hydrogen-bond acceptors (Lipinski definition) is 2. The topological polar surface area (TPSA) is 40.5 Å². The summed E-state index contributed by atoms with van der Waals surface area (Å²) < 4.78 is 1.23. The molecule has 0 atom stereocenters. The Morgan fingerprint density at radius 2 is 2.00 bits per heavy atom. The van der Waals surface area contributed by atoms with Crippen LogP contribution in [0.15, 0.2) is 24.3 Å². The Morgan fingerprint density at radius 1 is 1.38 bits per heavy atom. The van der Waals surface area contributed by atoms with Gasteiger partial charge in [0.1, 0.15) is 0 Å². The van der Waals surface area contributed by atoms with Gasteiger partial charge in [-0.1, -0.05) is 12.1 Å². The van der Waals surface area contributed by atoms with E-state index in [9.17, 15) is 4.79 Å². The fraction of sp³-hybridized carbons (Fsp3) is 0.417. The normalized spacial score (nSPS) is 10.7. The molecule has 0 unspecified atom stereocenters. The van der Waals surface area contributed by atoms with E-state index < -0.39 is 5.97 Å². The molecule has 0 aliphatic carbocycles. The lowest BCUT2D eigenvalue weighted by Gasteiger charge is -2.15. The minimum atomic E-state index is -0.720. The highest BCUT2D eigenvalue weighted by molar-refractivity contribution is 14.1. The van der Waals surface area contributed by atoms with E-state index in [1.54, 1.807) is 0 Å². The molecule has 1 N–H and O–H groups in total. The summed E-state index contributed by atoms with van der Waals surface area (Å²) in [7, 11) is 2.01. The van der Waals surface area contributed by atoms with Gasteiger partial charge in [0.2, 0.25) is 0 Å². The van der Waals surface area contributed by atoms with E-state index in [4.69, 9.17) is 5.11 Å². The van der Waals surface area contributed by atoms with Crippen molar-refractivity contribution in [2.45, 2.75) is 19.4 Å². The van der Waals surface area contributed by atoms with Gasteiger partial charge in [0.25, 0.3) is 0 Å². The molecule has 0 aromatic heterocycles. The van der Waals surface area contributed by atoms with Crippen molar-refractivity contribution in [1.82, 2.24) is 4.90 Å². The van der Waals surface area contributed by atoms with Crippen LogP contribution in [0.5, 0.6) is 0 Å². The molecule has 0 fully saturated rings. The first kappa shape index (κ1) is 13.4. The Bertz CT molecular complexity index is 337. The summed E-state index contributed by atoms with van der Waals surface area (Å²) in [5.41, 5.74) is 1.26. The molecule has 0 spiro atoms. The third-order valence-corrected chi connectivity index (χ3v) is 3.02. The minimum absolute atomic E-state index is 0.247. The number of carbonyl (C=O) groups is 1. The third kappa shape index (κ3) is 5.46. The fourth-order valence-electron chi connectivity index (χ4n) is 1.48. The Hall–Kier alpha value is -0.620. The minimum Gasteiger partial charge on any atom is -0.481 e. The zero-order valence-electron chi connectivity index (χ0n) is 9.32. The molecule has 3 nitrogen and oxygen atoms in total. The van der Waals surface area contributed by atoms with E-state index >= 15 is 0 Å². The van der Waals surface area contributed by atoms with E-state index in [1.807, 2.05) is 7.05 Å². The van der Waals surface area contributed by atoms with Crippen molar-refractivity contribution in [2.24, 2.45) is 0 Å². The van der Waals surface area contributed by atoms with Crippen molar-refractivity contribution in [3.05, 3.63) is 33.4 Å². The van der Waals surface area contributed by atoms with E-state index in [0.29, 0.717) is 6.42 Å².